The molecule has 4 rings (SSSR count). The van der Waals surface area contributed by atoms with Crippen LogP contribution in [0.15, 0.2) is 48.5 Å². The lowest BCUT2D eigenvalue weighted by Gasteiger charge is -2.31. The zero-order chi connectivity index (χ0) is 24.8. The first-order chi connectivity index (χ1) is 16.9. The van der Waals surface area contributed by atoms with E-state index in [0.717, 1.165) is 47.9 Å². The predicted octanol–water partition coefficient (Wildman–Crippen LogP) is 4.99. The van der Waals surface area contributed by atoms with Gasteiger partial charge in [0, 0.05) is 5.92 Å². The zero-order valence-corrected chi connectivity index (χ0v) is 20.2. The van der Waals surface area contributed by atoms with E-state index in [4.69, 9.17) is 4.74 Å². The second-order valence-corrected chi connectivity index (χ2v) is 9.71. The van der Waals surface area contributed by atoms with Gasteiger partial charge >= 0.3 is 12.1 Å². The Labute approximate surface area is 206 Å². The number of hydrogen-bond acceptors (Lipinski definition) is 4. The molecule has 3 N–H and O–H groups in total. The lowest BCUT2D eigenvalue weighted by Crippen LogP contribution is -2.55. The van der Waals surface area contributed by atoms with E-state index in [0.29, 0.717) is 19.3 Å². The van der Waals surface area contributed by atoms with Gasteiger partial charge in [0.25, 0.3) is 0 Å². The summed E-state index contributed by atoms with van der Waals surface area (Å²) in [6.45, 7) is 2.19. The zero-order valence-electron chi connectivity index (χ0n) is 20.2. The first kappa shape index (κ1) is 24.8. The molecule has 35 heavy (non-hydrogen) atoms. The van der Waals surface area contributed by atoms with Crippen LogP contribution in [0.5, 0.6) is 0 Å². The number of hydrogen-bond donors (Lipinski definition) is 3. The van der Waals surface area contributed by atoms with Crippen molar-refractivity contribution in [3.05, 3.63) is 59.7 Å². The topological polar surface area (TPSA) is 105 Å². The third kappa shape index (κ3) is 5.66. The van der Waals surface area contributed by atoms with E-state index < -0.39 is 23.6 Å². The van der Waals surface area contributed by atoms with E-state index >= 15 is 0 Å². The monoisotopic (exact) mass is 478 g/mol. The molecule has 0 aliphatic heterocycles. The quantitative estimate of drug-likeness (QED) is 0.446. The van der Waals surface area contributed by atoms with Crippen LogP contribution in [-0.2, 0) is 14.3 Å². The van der Waals surface area contributed by atoms with Gasteiger partial charge in [-0.25, -0.2) is 4.79 Å². The van der Waals surface area contributed by atoms with Gasteiger partial charge in [-0.1, -0.05) is 81.1 Å². The fraction of sp³-hybridized carbons (Fsp3) is 0.464. The number of carbonyl (C=O) groups excluding carboxylic acids is 2. The molecule has 1 atom stereocenters. The first-order valence-electron chi connectivity index (χ1n) is 12.6. The number of rotatable bonds is 10. The van der Waals surface area contributed by atoms with E-state index in [-0.39, 0.29) is 24.9 Å². The van der Waals surface area contributed by atoms with Crippen molar-refractivity contribution >= 4 is 18.0 Å². The molecule has 0 bridgehead atoms. The molecule has 0 aromatic heterocycles. The molecule has 2 aliphatic rings. The molecular weight excluding hydrogens is 444 g/mol. The number of nitrogens with one attached hydrogen (secondary N) is 2. The molecule has 186 valence electrons. The summed E-state index contributed by atoms with van der Waals surface area (Å²) in [7, 11) is 0. The van der Waals surface area contributed by atoms with Crippen LogP contribution in [0.2, 0.25) is 0 Å². The van der Waals surface area contributed by atoms with E-state index in [9.17, 15) is 19.5 Å². The Kier molecular flexibility index (Phi) is 7.73. The van der Waals surface area contributed by atoms with Gasteiger partial charge in [-0.05, 0) is 41.5 Å². The smallest absolute Gasteiger partial charge is 0.407 e. The van der Waals surface area contributed by atoms with Crippen LogP contribution in [0.25, 0.3) is 11.1 Å². The summed E-state index contributed by atoms with van der Waals surface area (Å²) in [5, 5.41) is 15.1. The van der Waals surface area contributed by atoms with Crippen molar-refractivity contribution in [2.45, 2.75) is 75.8 Å². The summed E-state index contributed by atoms with van der Waals surface area (Å²) in [4.78, 5) is 37.3. The average molecular weight is 479 g/mol. The highest BCUT2D eigenvalue weighted by Crippen LogP contribution is 2.44. The lowest BCUT2D eigenvalue weighted by atomic mass is 9.92. The Morgan fingerprint density at radius 1 is 1.03 bits per heavy atom. The molecule has 2 aromatic carbocycles. The molecule has 1 fully saturated rings. The van der Waals surface area contributed by atoms with Crippen LogP contribution in [-0.4, -0.2) is 41.3 Å². The van der Waals surface area contributed by atoms with E-state index in [2.05, 4.69) is 34.9 Å². The standard InChI is InChI=1S/C28H34N2O5/c1-2-3-14-24(26(33)30-28(17-25(31)32)15-8-9-16-28)29-27(34)35-18-23-21-12-6-4-10-19(21)20-11-5-7-13-22(20)23/h4-7,10-13,23-24H,2-3,8-9,14-18H2,1H3,(H,29,34)(H,30,33)(H,31,32). The minimum absolute atomic E-state index is 0.0617. The first-order valence-corrected chi connectivity index (χ1v) is 12.6. The van der Waals surface area contributed by atoms with Gasteiger partial charge < -0.3 is 20.5 Å². The second kappa shape index (κ2) is 10.9. The fourth-order valence-corrected chi connectivity index (χ4v) is 5.50. The van der Waals surface area contributed by atoms with Gasteiger partial charge in [0.05, 0.1) is 12.0 Å². The van der Waals surface area contributed by atoms with Crippen molar-refractivity contribution in [3.8, 4) is 11.1 Å². The molecule has 0 spiro atoms. The highest BCUT2D eigenvalue weighted by Gasteiger charge is 2.39. The second-order valence-electron chi connectivity index (χ2n) is 9.71. The third-order valence-corrected chi connectivity index (χ3v) is 7.24. The van der Waals surface area contributed by atoms with Crippen molar-refractivity contribution in [1.82, 2.24) is 10.6 Å². The van der Waals surface area contributed by atoms with Gasteiger partial charge in [0.1, 0.15) is 12.6 Å². The molecule has 1 unspecified atom stereocenters. The Morgan fingerprint density at radius 3 is 2.20 bits per heavy atom. The summed E-state index contributed by atoms with van der Waals surface area (Å²) in [5.74, 6) is -1.33. The molecule has 0 heterocycles. The Morgan fingerprint density at radius 2 is 1.63 bits per heavy atom. The summed E-state index contributed by atoms with van der Waals surface area (Å²) in [5.41, 5.74) is 3.81. The molecule has 2 aliphatic carbocycles. The number of amides is 2. The molecule has 7 heteroatoms. The highest BCUT2D eigenvalue weighted by atomic mass is 16.5. The molecule has 0 radical (unpaired) electrons. The van der Waals surface area contributed by atoms with E-state index in [1.165, 1.54) is 0 Å². The summed E-state index contributed by atoms with van der Waals surface area (Å²) in [6, 6.07) is 15.5. The average Bonchev–Trinajstić information content (AvgIpc) is 3.42. The Bertz CT molecular complexity index is 1030. The van der Waals surface area contributed by atoms with Crippen LogP contribution in [0.3, 0.4) is 0 Å². The number of aliphatic carboxylic acids is 1. The normalized spacial score (nSPS) is 16.7. The summed E-state index contributed by atoms with van der Waals surface area (Å²) < 4.78 is 5.64. The third-order valence-electron chi connectivity index (χ3n) is 7.24. The molecule has 2 aromatic rings. The van der Waals surface area contributed by atoms with E-state index in [1.807, 2.05) is 31.2 Å². The number of carbonyl (C=O) groups is 3. The fourth-order valence-electron chi connectivity index (χ4n) is 5.50. The van der Waals surface area contributed by atoms with Gasteiger partial charge in [0.15, 0.2) is 0 Å². The van der Waals surface area contributed by atoms with Gasteiger partial charge in [0.2, 0.25) is 5.91 Å². The number of carboxylic acids is 1. The minimum Gasteiger partial charge on any atom is -0.481 e. The number of alkyl carbamates (subject to hydrolysis) is 1. The number of carboxylic acid groups (broad SMARTS) is 1. The Balaban J connectivity index is 1.41. The summed E-state index contributed by atoms with van der Waals surface area (Å²) in [6.07, 6.45) is 4.39. The molecule has 2 amide bonds. The maximum absolute atomic E-state index is 13.1. The van der Waals surface area contributed by atoms with Crippen LogP contribution in [0.1, 0.15) is 75.3 Å². The van der Waals surface area contributed by atoms with Crippen molar-refractivity contribution < 1.29 is 24.2 Å². The maximum atomic E-state index is 13.1. The molecule has 1 saturated carbocycles. The predicted molar refractivity (Wildman–Crippen MR) is 133 cm³/mol. The lowest BCUT2D eigenvalue weighted by molar-refractivity contribution is -0.139. The van der Waals surface area contributed by atoms with E-state index in [1.54, 1.807) is 0 Å². The number of benzene rings is 2. The van der Waals surface area contributed by atoms with Crippen LogP contribution < -0.4 is 10.6 Å². The molecule has 0 saturated heterocycles. The van der Waals surface area contributed by atoms with Gasteiger partial charge in [-0.2, -0.15) is 0 Å². The number of fused-ring (bicyclic) bond motifs is 3. The highest BCUT2D eigenvalue weighted by molar-refractivity contribution is 5.87. The van der Waals surface area contributed by atoms with Gasteiger partial charge in [-0.15, -0.1) is 0 Å². The minimum atomic E-state index is -0.929. The van der Waals surface area contributed by atoms with Crippen molar-refractivity contribution in [2.24, 2.45) is 0 Å². The molecule has 7 nitrogen and oxygen atoms in total. The summed E-state index contributed by atoms with van der Waals surface area (Å²) >= 11 is 0. The van der Waals surface area contributed by atoms with Crippen LogP contribution in [0, 0.1) is 0 Å². The molecular formula is C28H34N2O5. The number of ether oxygens (including phenoxy) is 1. The SMILES string of the molecule is CCCCC(NC(=O)OCC1c2ccccc2-c2ccccc21)C(=O)NC1(CC(=O)O)CCCC1. The van der Waals surface area contributed by atoms with Crippen LogP contribution >= 0.6 is 0 Å². The number of unbranched alkanes of at least 4 members (excludes halogenated alkanes) is 1. The van der Waals surface area contributed by atoms with Crippen molar-refractivity contribution in [2.75, 3.05) is 6.61 Å². The maximum Gasteiger partial charge on any atom is 0.407 e. The van der Waals surface area contributed by atoms with Crippen molar-refractivity contribution in [3.63, 3.8) is 0 Å². The van der Waals surface area contributed by atoms with Crippen molar-refractivity contribution in [1.29, 1.82) is 0 Å². The Hall–Kier alpha value is -3.35. The van der Waals surface area contributed by atoms with Gasteiger partial charge in [-0.3, -0.25) is 9.59 Å². The van der Waals surface area contributed by atoms with Crippen LogP contribution in [0.4, 0.5) is 4.79 Å². The largest absolute Gasteiger partial charge is 0.481 e.